The molecular formula is C18H20N2. The molecular weight excluding hydrogens is 244 g/mol. The fourth-order valence-corrected chi connectivity index (χ4v) is 2.02. The third-order valence-corrected chi connectivity index (χ3v) is 3.12. The summed E-state index contributed by atoms with van der Waals surface area (Å²) in [6.07, 6.45) is 4.67. The van der Waals surface area contributed by atoms with E-state index in [9.17, 15) is 0 Å². The Balaban J connectivity index is 1.99. The van der Waals surface area contributed by atoms with Gasteiger partial charge in [0.05, 0.1) is 11.9 Å². The third kappa shape index (κ3) is 4.02. The number of rotatable bonds is 6. The molecule has 3 N–H and O–H groups in total. The molecule has 2 aromatic carbocycles. The van der Waals surface area contributed by atoms with Crippen LogP contribution in [0.25, 0.3) is 0 Å². The SMILES string of the molecule is C=CC(N/C(N)=C\Cc1ccccc1)c1ccccc1. The number of nitrogens with one attached hydrogen (secondary N) is 1. The maximum Gasteiger partial charge on any atom is 0.0929 e. The monoisotopic (exact) mass is 264 g/mol. The van der Waals surface area contributed by atoms with Crippen LogP contribution in [0.4, 0.5) is 0 Å². The Kier molecular flexibility index (Phi) is 5.01. The van der Waals surface area contributed by atoms with Crippen molar-refractivity contribution in [2.45, 2.75) is 12.5 Å². The fraction of sp³-hybridized carbons (Fsp3) is 0.111. The van der Waals surface area contributed by atoms with Crippen molar-refractivity contribution in [1.29, 1.82) is 0 Å². The smallest absolute Gasteiger partial charge is 0.0929 e. The average molecular weight is 264 g/mol. The molecule has 0 saturated heterocycles. The highest BCUT2D eigenvalue weighted by atomic mass is 15.0. The van der Waals surface area contributed by atoms with Crippen molar-refractivity contribution in [3.8, 4) is 0 Å². The van der Waals surface area contributed by atoms with E-state index in [-0.39, 0.29) is 6.04 Å². The third-order valence-electron chi connectivity index (χ3n) is 3.12. The van der Waals surface area contributed by atoms with Gasteiger partial charge in [0.2, 0.25) is 0 Å². The van der Waals surface area contributed by atoms with E-state index >= 15 is 0 Å². The van der Waals surface area contributed by atoms with Gasteiger partial charge >= 0.3 is 0 Å². The zero-order chi connectivity index (χ0) is 14.2. The number of benzene rings is 2. The van der Waals surface area contributed by atoms with E-state index < -0.39 is 0 Å². The number of hydrogen-bond acceptors (Lipinski definition) is 2. The molecule has 0 spiro atoms. The lowest BCUT2D eigenvalue weighted by Gasteiger charge is -2.16. The van der Waals surface area contributed by atoms with Crippen molar-refractivity contribution in [1.82, 2.24) is 5.32 Å². The molecule has 0 saturated carbocycles. The highest BCUT2D eigenvalue weighted by Gasteiger charge is 2.05. The maximum atomic E-state index is 6.04. The number of allylic oxidation sites excluding steroid dienone is 1. The quantitative estimate of drug-likeness (QED) is 0.783. The lowest BCUT2D eigenvalue weighted by molar-refractivity contribution is 0.704. The zero-order valence-electron chi connectivity index (χ0n) is 11.5. The van der Waals surface area contributed by atoms with Crippen molar-refractivity contribution in [2.75, 3.05) is 0 Å². The van der Waals surface area contributed by atoms with Gasteiger partial charge in [-0.15, -0.1) is 6.58 Å². The van der Waals surface area contributed by atoms with Crippen molar-refractivity contribution >= 4 is 0 Å². The fourth-order valence-electron chi connectivity index (χ4n) is 2.02. The second-order valence-corrected chi connectivity index (χ2v) is 4.62. The summed E-state index contributed by atoms with van der Waals surface area (Å²) in [5.74, 6) is 0.669. The van der Waals surface area contributed by atoms with Gasteiger partial charge in [-0.2, -0.15) is 0 Å². The Hall–Kier alpha value is -2.48. The highest BCUT2D eigenvalue weighted by Crippen LogP contribution is 2.14. The molecule has 1 atom stereocenters. The van der Waals surface area contributed by atoms with E-state index in [2.05, 4.69) is 36.2 Å². The van der Waals surface area contributed by atoms with Crippen LogP contribution in [0.5, 0.6) is 0 Å². The topological polar surface area (TPSA) is 38.0 Å². The molecule has 102 valence electrons. The Morgan fingerprint density at radius 3 is 2.25 bits per heavy atom. The minimum atomic E-state index is 0.0308. The summed E-state index contributed by atoms with van der Waals surface area (Å²) >= 11 is 0. The van der Waals surface area contributed by atoms with Gasteiger partial charge in [-0.05, 0) is 23.6 Å². The summed E-state index contributed by atoms with van der Waals surface area (Å²) in [6.45, 7) is 3.86. The van der Waals surface area contributed by atoms with Crippen LogP contribution in [-0.4, -0.2) is 0 Å². The van der Waals surface area contributed by atoms with E-state index in [1.807, 2.05) is 48.6 Å². The molecule has 0 aliphatic carbocycles. The highest BCUT2D eigenvalue weighted by molar-refractivity contribution is 5.24. The molecule has 1 unspecified atom stereocenters. The Morgan fingerprint density at radius 2 is 1.65 bits per heavy atom. The van der Waals surface area contributed by atoms with Crippen LogP contribution in [0.2, 0.25) is 0 Å². The molecule has 0 radical (unpaired) electrons. The molecule has 0 amide bonds. The predicted octanol–water partition coefficient (Wildman–Crippen LogP) is 3.55. The first-order chi connectivity index (χ1) is 9.79. The van der Waals surface area contributed by atoms with E-state index in [4.69, 9.17) is 5.73 Å². The Bertz CT molecular complexity index is 558. The predicted molar refractivity (Wildman–Crippen MR) is 84.9 cm³/mol. The van der Waals surface area contributed by atoms with Crippen LogP contribution >= 0.6 is 0 Å². The summed E-state index contributed by atoms with van der Waals surface area (Å²) in [5.41, 5.74) is 8.43. The molecule has 0 aliphatic heterocycles. The second kappa shape index (κ2) is 7.19. The molecule has 20 heavy (non-hydrogen) atoms. The van der Waals surface area contributed by atoms with Gasteiger partial charge in [-0.25, -0.2) is 0 Å². The van der Waals surface area contributed by atoms with Crippen LogP contribution in [0, 0.1) is 0 Å². The molecule has 0 heterocycles. The van der Waals surface area contributed by atoms with Crippen molar-refractivity contribution in [3.63, 3.8) is 0 Å². The molecule has 2 heteroatoms. The van der Waals surface area contributed by atoms with E-state index in [1.165, 1.54) is 5.56 Å². The normalized spacial score (nSPS) is 12.7. The largest absolute Gasteiger partial charge is 0.386 e. The Labute approximate surface area is 120 Å². The molecule has 2 rings (SSSR count). The molecule has 0 aromatic heterocycles. The summed E-state index contributed by atoms with van der Waals surface area (Å²) in [5, 5.41) is 3.27. The van der Waals surface area contributed by atoms with Crippen LogP contribution < -0.4 is 11.1 Å². The van der Waals surface area contributed by atoms with Crippen molar-refractivity contribution < 1.29 is 0 Å². The minimum absolute atomic E-state index is 0.0308. The maximum absolute atomic E-state index is 6.04. The first-order valence-corrected chi connectivity index (χ1v) is 6.73. The van der Waals surface area contributed by atoms with Crippen LogP contribution in [0.3, 0.4) is 0 Å². The second-order valence-electron chi connectivity index (χ2n) is 4.62. The number of nitrogens with two attached hydrogens (primary N) is 1. The van der Waals surface area contributed by atoms with Gasteiger partial charge in [0, 0.05) is 0 Å². The molecule has 2 aromatic rings. The van der Waals surface area contributed by atoms with Gasteiger partial charge in [-0.1, -0.05) is 66.7 Å². The van der Waals surface area contributed by atoms with Crippen LogP contribution in [-0.2, 0) is 6.42 Å². The molecule has 0 bridgehead atoms. The van der Waals surface area contributed by atoms with E-state index in [0.717, 1.165) is 12.0 Å². The van der Waals surface area contributed by atoms with E-state index in [0.29, 0.717) is 5.82 Å². The van der Waals surface area contributed by atoms with E-state index in [1.54, 1.807) is 0 Å². The zero-order valence-corrected chi connectivity index (χ0v) is 11.5. The summed E-state index contributed by atoms with van der Waals surface area (Å²) in [4.78, 5) is 0. The number of hydrogen-bond donors (Lipinski definition) is 2. The lowest BCUT2D eigenvalue weighted by Crippen LogP contribution is -2.24. The van der Waals surface area contributed by atoms with Crippen LogP contribution in [0.15, 0.2) is 85.2 Å². The first-order valence-electron chi connectivity index (χ1n) is 6.73. The van der Waals surface area contributed by atoms with Gasteiger partial charge in [0.15, 0.2) is 0 Å². The molecule has 0 aliphatic rings. The summed E-state index contributed by atoms with van der Waals surface area (Å²) in [6, 6.07) is 20.4. The molecule has 2 nitrogen and oxygen atoms in total. The average Bonchev–Trinajstić information content (AvgIpc) is 2.52. The van der Waals surface area contributed by atoms with Crippen molar-refractivity contribution in [3.05, 3.63) is 96.3 Å². The van der Waals surface area contributed by atoms with Gasteiger partial charge in [0.25, 0.3) is 0 Å². The Morgan fingerprint density at radius 1 is 1.05 bits per heavy atom. The minimum Gasteiger partial charge on any atom is -0.386 e. The van der Waals surface area contributed by atoms with Gasteiger partial charge in [0.1, 0.15) is 0 Å². The molecule has 0 fully saturated rings. The van der Waals surface area contributed by atoms with Gasteiger partial charge < -0.3 is 11.1 Å². The van der Waals surface area contributed by atoms with Crippen LogP contribution in [0.1, 0.15) is 17.2 Å². The first kappa shape index (κ1) is 13.9. The van der Waals surface area contributed by atoms with Gasteiger partial charge in [-0.3, -0.25) is 0 Å². The standard InChI is InChI=1S/C18H20N2/c1-2-17(16-11-7-4-8-12-16)20-18(19)14-13-15-9-5-3-6-10-15/h2-12,14,17,20H,1,13,19H2/b18-14-. The summed E-state index contributed by atoms with van der Waals surface area (Å²) in [7, 11) is 0. The summed E-state index contributed by atoms with van der Waals surface area (Å²) < 4.78 is 0. The van der Waals surface area contributed by atoms with Crippen molar-refractivity contribution in [2.24, 2.45) is 5.73 Å². The lowest BCUT2D eigenvalue weighted by atomic mass is 10.1.